The van der Waals surface area contributed by atoms with Gasteiger partial charge in [0.1, 0.15) is 5.75 Å². The number of amides is 1. The number of aliphatic hydroxyl groups is 1. The molecule has 1 aliphatic heterocycles. The molecule has 0 aliphatic carbocycles. The Morgan fingerprint density at radius 1 is 1.00 bits per heavy atom. The largest absolute Gasteiger partial charge is 0.573 e. The van der Waals surface area contributed by atoms with Gasteiger partial charge in [-0.25, -0.2) is 0 Å². The number of ether oxygens (including phenoxy) is 1. The van der Waals surface area contributed by atoms with Crippen LogP contribution < -0.4 is 9.64 Å². The molecule has 1 atom stereocenters. The van der Waals surface area contributed by atoms with Crippen LogP contribution in [0.4, 0.5) is 19.0 Å². The Balaban J connectivity index is 1.80. The van der Waals surface area contributed by atoms with Gasteiger partial charge in [0.05, 0.1) is 17.3 Å². The molecule has 1 aromatic heterocycles. The molecule has 3 aromatic rings. The number of allylic oxidation sites excluding steroid dienone is 1. The Kier molecular flexibility index (Phi) is 6.36. The molecule has 0 saturated carbocycles. The molecule has 2 aromatic carbocycles. The van der Waals surface area contributed by atoms with Crippen LogP contribution >= 0.6 is 0 Å². The Bertz CT molecular complexity index is 1360. The van der Waals surface area contributed by atoms with Crippen molar-refractivity contribution in [3.05, 3.63) is 101 Å². The highest BCUT2D eigenvalue weighted by Gasteiger charge is 2.45. The van der Waals surface area contributed by atoms with Crippen LogP contribution in [-0.4, -0.2) is 33.4 Å². The fraction of sp³-hybridized carbons (Fsp3) is 0.154. The van der Waals surface area contributed by atoms with E-state index in [0.717, 1.165) is 28.2 Å². The fourth-order valence-corrected chi connectivity index (χ4v) is 3.82. The van der Waals surface area contributed by atoms with E-state index >= 15 is 0 Å². The molecular weight excluding hydrogens is 475 g/mol. The summed E-state index contributed by atoms with van der Waals surface area (Å²) in [5.74, 6) is -2.73. The number of anilines is 1. The van der Waals surface area contributed by atoms with E-state index in [4.69, 9.17) is 0 Å². The maximum Gasteiger partial charge on any atom is 0.573 e. The summed E-state index contributed by atoms with van der Waals surface area (Å²) < 4.78 is 41.8. The zero-order chi connectivity index (χ0) is 26.2. The highest BCUT2D eigenvalue weighted by molar-refractivity contribution is 6.20. The number of aryl methyl sites for hydroxylation is 1. The van der Waals surface area contributed by atoms with Gasteiger partial charge >= 0.3 is 6.36 Å². The van der Waals surface area contributed by atoms with Gasteiger partial charge in [-0.1, -0.05) is 48.6 Å². The molecule has 0 radical (unpaired) electrons. The summed E-state index contributed by atoms with van der Waals surface area (Å²) in [7, 11) is 0. The third kappa shape index (κ3) is 4.83. The Labute approximate surface area is 204 Å². The van der Waals surface area contributed by atoms with Gasteiger partial charge in [0.15, 0.2) is 17.4 Å². The van der Waals surface area contributed by atoms with Gasteiger partial charge in [0.25, 0.3) is 5.91 Å². The van der Waals surface area contributed by atoms with Gasteiger partial charge in [0.2, 0.25) is 0 Å². The number of halogens is 3. The number of carbonyl (C=O) groups is 2. The smallest absolute Gasteiger partial charge is 0.503 e. The summed E-state index contributed by atoms with van der Waals surface area (Å²) in [5, 5.41) is 18.7. The first-order valence-electron chi connectivity index (χ1n) is 10.7. The quantitative estimate of drug-likeness (QED) is 0.454. The van der Waals surface area contributed by atoms with Crippen LogP contribution in [0.1, 0.15) is 40.1 Å². The third-order valence-electron chi connectivity index (χ3n) is 5.55. The number of benzene rings is 2. The summed E-state index contributed by atoms with van der Waals surface area (Å²) in [4.78, 5) is 27.7. The Hall–Kier alpha value is -4.47. The lowest BCUT2D eigenvalue weighted by Gasteiger charge is -2.25. The van der Waals surface area contributed by atoms with E-state index in [-0.39, 0.29) is 22.5 Å². The number of aliphatic hydroxyl groups excluding tert-OH is 1. The predicted molar refractivity (Wildman–Crippen MR) is 125 cm³/mol. The number of hydrogen-bond donors (Lipinski definition) is 1. The van der Waals surface area contributed by atoms with Crippen molar-refractivity contribution in [2.75, 3.05) is 4.90 Å². The lowest BCUT2D eigenvalue weighted by atomic mass is 9.92. The van der Waals surface area contributed by atoms with E-state index in [2.05, 4.69) is 21.5 Å². The lowest BCUT2D eigenvalue weighted by molar-refractivity contribution is -0.274. The van der Waals surface area contributed by atoms with Crippen molar-refractivity contribution in [2.24, 2.45) is 0 Å². The first-order valence-corrected chi connectivity index (χ1v) is 10.7. The maximum atomic E-state index is 13.5. The minimum atomic E-state index is -4.89. The van der Waals surface area contributed by atoms with Gasteiger partial charge < -0.3 is 9.84 Å². The van der Waals surface area contributed by atoms with E-state index < -0.39 is 35.6 Å². The fourth-order valence-electron chi connectivity index (χ4n) is 3.82. The highest BCUT2D eigenvalue weighted by atomic mass is 19.4. The minimum Gasteiger partial charge on any atom is -0.503 e. The number of carbonyl (C=O) groups excluding carboxylic acids is 2. The average molecular weight is 495 g/mol. The van der Waals surface area contributed by atoms with E-state index in [9.17, 15) is 27.9 Å². The number of ketones is 1. The van der Waals surface area contributed by atoms with Gasteiger partial charge in [-0.05, 0) is 49.2 Å². The molecule has 0 saturated heterocycles. The van der Waals surface area contributed by atoms with Crippen molar-refractivity contribution in [2.45, 2.75) is 26.3 Å². The van der Waals surface area contributed by atoms with Crippen LogP contribution in [0.3, 0.4) is 0 Å². The van der Waals surface area contributed by atoms with E-state index in [1.54, 1.807) is 37.3 Å². The Morgan fingerprint density at radius 3 is 2.14 bits per heavy atom. The first kappa shape index (κ1) is 24.6. The van der Waals surface area contributed by atoms with Crippen molar-refractivity contribution in [3.63, 3.8) is 0 Å². The topological polar surface area (TPSA) is 92.6 Å². The standard InChI is InChI=1S/C26H20F3N3O4/c1-14(2)16-5-7-18(8-6-16)23(33)21-22(17-9-11-19(12-10-17)36-26(27,28)29)32(25(35)24(21)34)20-13-4-15(3)30-31-20/h4-13,22,34H,1H2,2-3H3. The van der Waals surface area contributed by atoms with Crippen molar-refractivity contribution >= 4 is 23.1 Å². The molecule has 184 valence electrons. The Morgan fingerprint density at radius 2 is 1.61 bits per heavy atom. The van der Waals surface area contributed by atoms with Crippen LogP contribution in [0.5, 0.6) is 5.75 Å². The SMILES string of the molecule is C=C(C)c1ccc(C(=O)C2=C(O)C(=O)N(c3ccc(C)nn3)C2c2ccc(OC(F)(F)F)cc2)cc1. The van der Waals surface area contributed by atoms with Gasteiger partial charge in [0, 0.05) is 5.56 Å². The second-order valence-electron chi connectivity index (χ2n) is 8.18. The molecule has 4 rings (SSSR count). The number of alkyl halides is 3. The number of nitrogens with zero attached hydrogens (tertiary/aromatic N) is 3. The normalized spacial score (nSPS) is 15.9. The zero-order valence-corrected chi connectivity index (χ0v) is 19.2. The van der Waals surface area contributed by atoms with Crippen molar-refractivity contribution < 1.29 is 32.6 Å². The van der Waals surface area contributed by atoms with Crippen LogP contribution in [0.2, 0.25) is 0 Å². The summed E-state index contributed by atoms with van der Waals surface area (Å²) in [6.45, 7) is 7.35. The summed E-state index contributed by atoms with van der Waals surface area (Å²) in [6.07, 6.45) is -4.89. The van der Waals surface area contributed by atoms with Crippen molar-refractivity contribution in [1.29, 1.82) is 0 Å². The molecule has 0 spiro atoms. The highest BCUT2D eigenvalue weighted by Crippen LogP contribution is 2.41. The predicted octanol–water partition coefficient (Wildman–Crippen LogP) is 5.50. The monoisotopic (exact) mass is 495 g/mol. The van der Waals surface area contributed by atoms with Gasteiger partial charge in [-0.3, -0.25) is 14.5 Å². The van der Waals surface area contributed by atoms with Crippen molar-refractivity contribution in [3.8, 4) is 5.75 Å². The molecule has 2 heterocycles. The molecule has 36 heavy (non-hydrogen) atoms. The zero-order valence-electron chi connectivity index (χ0n) is 19.2. The molecule has 1 N–H and O–H groups in total. The van der Waals surface area contributed by atoms with E-state index in [1.165, 1.54) is 18.2 Å². The van der Waals surface area contributed by atoms with E-state index in [0.29, 0.717) is 5.69 Å². The molecule has 1 amide bonds. The molecule has 10 heteroatoms. The number of hydrogen-bond acceptors (Lipinski definition) is 6. The van der Waals surface area contributed by atoms with Gasteiger partial charge in [-0.2, -0.15) is 5.10 Å². The number of Topliss-reactive ketones (excluding diaryl/α,β-unsaturated/α-hetero) is 1. The first-order chi connectivity index (χ1) is 17.0. The molecule has 1 aliphatic rings. The van der Waals surface area contributed by atoms with Crippen LogP contribution in [-0.2, 0) is 4.79 Å². The lowest BCUT2D eigenvalue weighted by Crippen LogP contribution is -2.32. The molecule has 0 fully saturated rings. The van der Waals surface area contributed by atoms with E-state index in [1.807, 2.05) is 6.92 Å². The summed E-state index contributed by atoms with van der Waals surface area (Å²) >= 11 is 0. The van der Waals surface area contributed by atoms with Crippen LogP contribution in [0.25, 0.3) is 5.57 Å². The summed E-state index contributed by atoms with van der Waals surface area (Å²) in [5.41, 5.74) is 2.38. The number of rotatable bonds is 6. The third-order valence-corrected chi connectivity index (χ3v) is 5.55. The van der Waals surface area contributed by atoms with Crippen LogP contribution in [0, 0.1) is 6.92 Å². The average Bonchev–Trinajstić information content (AvgIpc) is 3.09. The number of aromatic nitrogens is 2. The second-order valence-corrected chi connectivity index (χ2v) is 8.18. The summed E-state index contributed by atoms with van der Waals surface area (Å²) in [6, 6.07) is 13.1. The van der Waals surface area contributed by atoms with Crippen LogP contribution in [0.15, 0.2) is 78.6 Å². The molecule has 0 bridgehead atoms. The van der Waals surface area contributed by atoms with Gasteiger partial charge in [-0.15, -0.1) is 18.3 Å². The maximum absolute atomic E-state index is 13.5. The molecule has 7 nitrogen and oxygen atoms in total. The molecular formula is C26H20F3N3O4. The second kappa shape index (κ2) is 9.29. The minimum absolute atomic E-state index is 0.0539. The van der Waals surface area contributed by atoms with Crippen molar-refractivity contribution in [1.82, 2.24) is 10.2 Å². The molecule has 1 unspecified atom stereocenters.